The van der Waals surface area contributed by atoms with E-state index in [1.165, 1.54) is 5.56 Å². The Kier molecular flexibility index (Phi) is 5.15. The van der Waals surface area contributed by atoms with Crippen LogP contribution in [0.25, 0.3) is 0 Å². The number of esters is 1. The first-order valence-electron chi connectivity index (χ1n) is 6.90. The molecule has 2 rings (SSSR count). The van der Waals surface area contributed by atoms with Crippen LogP contribution in [0, 0.1) is 0 Å². The molecular weight excluding hydrogens is 266 g/mol. The van der Waals surface area contributed by atoms with Crippen molar-refractivity contribution < 1.29 is 9.53 Å². The highest BCUT2D eigenvalue weighted by Crippen LogP contribution is 2.23. The van der Waals surface area contributed by atoms with Gasteiger partial charge in [-0.05, 0) is 43.2 Å². The molecular formula is C16H19N3O2. The van der Waals surface area contributed by atoms with Gasteiger partial charge in [-0.25, -0.2) is 4.79 Å². The van der Waals surface area contributed by atoms with E-state index in [9.17, 15) is 4.79 Å². The van der Waals surface area contributed by atoms with Crippen molar-refractivity contribution in [2.24, 2.45) is 0 Å². The summed E-state index contributed by atoms with van der Waals surface area (Å²) in [7, 11) is 0. The zero-order chi connectivity index (χ0) is 15.1. The number of hydrogen-bond acceptors (Lipinski definition) is 5. The Morgan fingerprint density at radius 3 is 2.76 bits per heavy atom. The average Bonchev–Trinajstić information content (AvgIpc) is 2.50. The standard InChI is InChI=1S/C16H19N3O2/c1-2-21-16(20)13-4-3-5-14(15(13)17)19-11-8-12-6-9-18-10-7-12/h3-7,9-10,19H,2,8,11,17H2,1H3. The van der Waals surface area contributed by atoms with Gasteiger partial charge in [0.1, 0.15) is 0 Å². The van der Waals surface area contributed by atoms with Gasteiger partial charge in [0.15, 0.2) is 0 Å². The molecule has 2 aromatic rings. The van der Waals surface area contributed by atoms with Crippen LogP contribution in [0.3, 0.4) is 0 Å². The van der Waals surface area contributed by atoms with Crippen molar-refractivity contribution in [2.75, 3.05) is 24.2 Å². The maximum atomic E-state index is 11.8. The fourth-order valence-corrected chi connectivity index (χ4v) is 2.00. The van der Waals surface area contributed by atoms with Gasteiger partial charge < -0.3 is 15.8 Å². The number of carbonyl (C=O) groups excluding carboxylic acids is 1. The van der Waals surface area contributed by atoms with Crippen LogP contribution in [-0.4, -0.2) is 24.1 Å². The lowest BCUT2D eigenvalue weighted by molar-refractivity contribution is 0.0527. The van der Waals surface area contributed by atoms with Crippen LogP contribution in [0.2, 0.25) is 0 Å². The predicted molar refractivity (Wildman–Crippen MR) is 83.2 cm³/mol. The molecule has 0 saturated heterocycles. The fraction of sp³-hybridized carbons (Fsp3) is 0.250. The molecule has 0 aliphatic rings. The average molecular weight is 285 g/mol. The second-order valence-corrected chi connectivity index (χ2v) is 4.52. The number of nitrogen functional groups attached to an aromatic ring is 1. The summed E-state index contributed by atoms with van der Waals surface area (Å²) in [6.45, 7) is 2.82. The number of para-hydroxylation sites is 1. The van der Waals surface area contributed by atoms with Gasteiger partial charge in [0, 0.05) is 18.9 Å². The Labute approximate surface area is 124 Å². The van der Waals surface area contributed by atoms with E-state index in [-0.39, 0.29) is 0 Å². The van der Waals surface area contributed by atoms with Crippen LogP contribution >= 0.6 is 0 Å². The van der Waals surface area contributed by atoms with Gasteiger partial charge in [0.2, 0.25) is 0 Å². The SMILES string of the molecule is CCOC(=O)c1cccc(NCCc2ccncc2)c1N. The van der Waals surface area contributed by atoms with Gasteiger partial charge in [-0.3, -0.25) is 4.98 Å². The van der Waals surface area contributed by atoms with Crippen LogP contribution < -0.4 is 11.1 Å². The van der Waals surface area contributed by atoms with E-state index in [4.69, 9.17) is 10.5 Å². The smallest absolute Gasteiger partial charge is 0.340 e. The van der Waals surface area contributed by atoms with E-state index in [2.05, 4.69) is 10.3 Å². The molecule has 0 radical (unpaired) electrons. The lowest BCUT2D eigenvalue weighted by atomic mass is 10.1. The van der Waals surface area contributed by atoms with Crippen LogP contribution in [0.1, 0.15) is 22.8 Å². The largest absolute Gasteiger partial charge is 0.462 e. The number of rotatable bonds is 6. The van der Waals surface area contributed by atoms with Gasteiger partial charge in [0.05, 0.1) is 23.5 Å². The number of nitrogens with zero attached hydrogens (tertiary/aromatic N) is 1. The molecule has 0 aliphatic heterocycles. The third kappa shape index (κ3) is 3.95. The van der Waals surface area contributed by atoms with E-state index in [1.54, 1.807) is 31.5 Å². The van der Waals surface area contributed by atoms with Gasteiger partial charge >= 0.3 is 5.97 Å². The summed E-state index contributed by atoms with van der Waals surface area (Å²) >= 11 is 0. The van der Waals surface area contributed by atoms with Crippen molar-refractivity contribution in [3.63, 3.8) is 0 Å². The van der Waals surface area contributed by atoms with Crippen molar-refractivity contribution in [1.82, 2.24) is 4.98 Å². The maximum Gasteiger partial charge on any atom is 0.340 e. The summed E-state index contributed by atoms with van der Waals surface area (Å²) in [4.78, 5) is 15.8. The van der Waals surface area contributed by atoms with Crippen LogP contribution in [0.4, 0.5) is 11.4 Å². The van der Waals surface area contributed by atoms with Crippen molar-refractivity contribution in [1.29, 1.82) is 0 Å². The molecule has 1 heterocycles. The van der Waals surface area contributed by atoms with E-state index >= 15 is 0 Å². The van der Waals surface area contributed by atoms with Crippen LogP contribution in [0.15, 0.2) is 42.7 Å². The third-order valence-corrected chi connectivity index (χ3v) is 3.08. The second kappa shape index (κ2) is 7.28. The fourth-order valence-electron chi connectivity index (χ4n) is 2.00. The number of ether oxygens (including phenoxy) is 1. The van der Waals surface area contributed by atoms with E-state index < -0.39 is 5.97 Å². The summed E-state index contributed by atoms with van der Waals surface area (Å²) in [5, 5.41) is 3.25. The zero-order valence-corrected chi connectivity index (χ0v) is 12.0. The van der Waals surface area contributed by atoms with Gasteiger partial charge in [-0.1, -0.05) is 6.07 Å². The summed E-state index contributed by atoms with van der Waals surface area (Å²) in [6, 6.07) is 9.25. The lowest BCUT2D eigenvalue weighted by Crippen LogP contribution is -2.12. The number of nitrogens with one attached hydrogen (secondary N) is 1. The van der Waals surface area contributed by atoms with Crippen molar-refractivity contribution >= 4 is 17.3 Å². The zero-order valence-electron chi connectivity index (χ0n) is 12.0. The molecule has 110 valence electrons. The van der Waals surface area contributed by atoms with Crippen LogP contribution in [-0.2, 0) is 11.2 Å². The first-order valence-corrected chi connectivity index (χ1v) is 6.90. The molecule has 0 saturated carbocycles. The number of aromatic nitrogens is 1. The number of anilines is 2. The highest BCUT2D eigenvalue weighted by atomic mass is 16.5. The van der Waals surface area contributed by atoms with Crippen molar-refractivity contribution in [3.05, 3.63) is 53.9 Å². The predicted octanol–water partition coefficient (Wildman–Crippen LogP) is 2.50. The summed E-state index contributed by atoms with van der Waals surface area (Å²) < 4.78 is 4.98. The van der Waals surface area contributed by atoms with Crippen molar-refractivity contribution in [3.8, 4) is 0 Å². The normalized spacial score (nSPS) is 10.1. The number of benzene rings is 1. The minimum absolute atomic E-state index is 0.331. The number of pyridine rings is 1. The molecule has 0 aliphatic carbocycles. The number of nitrogens with two attached hydrogens (primary N) is 1. The molecule has 1 aromatic carbocycles. The molecule has 0 unspecified atom stereocenters. The molecule has 3 N–H and O–H groups in total. The van der Waals surface area contributed by atoms with Gasteiger partial charge in [0.25, 0.3) is 0 Å². The number of carbonyl (C=O) groups is 1. The first kappa shape index (κ1) is 14.8. The van der Waals surface area contributed by atoms with Crippen molar-refractivity contribution in [2.45, 2.75) is 13.3 Å². The molecule has 1 aromatic heterocycles. The summed E-state index contributed by atoms with van der Waals surface area (Å²) in [6.07, 6.45) is 4.39. The van der Waals surface area contributed by atoms with Crippen LogP contribution in [0.5, 0.6) is 0 Å². The van der Waals surface area contributed by atoms with Gasteiger partial charge in [-0.15, -0.1) is 0 Å². The highest BCUT2D eigenvalue weighted by Gasteiger charge is 2.13. The maximum absolute atomic E-state index is 11.8. The third-order valence-electron chi connectivity index (χ3n) is 3.08. The Hall–Kier alpha value is -2.56. The van der Waals surface area contributed by atoms with E-state index in [0.29, 0.717) is 17.9 Å². The summed E-state index contributed by atoms with van der Waals surface area (Å²) in [5.41, 5.74) is 8.77. The highest BCUT2D eigenvalue weighted by molar-refractivity contribution is 5.98. The molecule has 0 fully saturated rings. The van der Waals surface area contributed by atoms with Gasteiger partial charge in [-0.2, -0.15) is 0 Å². The minimum atomic E-state index is -0.396. The Bertz CT molecular complexity index is 600. The van der Waals surface area contributed by atoms with E-state index in [0.717, 1.165) is 18.7 Å². The Balaban J connectivity index is 2.00. The molecule has 0 amide bonds. The quantitative estimate of drug-likeness (QED) is 0.630. The summed E-state index contributed by atoms with van der Waals surface area (Å²) in [5.74, 6) is -0.396. The molecule has 0 bridgehead atoms. The second-order valence-electron chi connectivity index (χ2n) is 4.52. The Morgan fingerprint density at radius 2 is 2.05 bits per heavy atom. The first-order chi connectivity index (χ1) is 10.2. The molecule has 5 nitrogen and oxygen atoms in total. The molecule has 0 atom stereocenters. The minimum Gasteiger partial charge on any atom is -0.462 e. The lowest BCUT2D eigenvalue weighted by Gasteiger charge is -2.12. The number of hydrogen-bond donors (Lipinski definition) is 2. The molecule has 0 spiro atoms. The van der Waals surface area contributed by atoms with E-state index in [1.807, 2.05) is 18.2 Å². The Morgan fingerprint density at radius 1 is 1.29 bits per heavy atom. The molecule has 5 heteroatoms. The monoisotopic (exact) mass is 285 g/mol. The molecule has 21 heavy (non-hydrogen) atoms. The topological polar surface area (TPSA) is 77.2 Å².